The monoisotopic (exact) mass is 311 g/mol. The molecule has 0 saturated heterocycles. The van der Waals surface area contributed by atoms with E-state index in [-0.39, 0.29) is 17.9 Å². The van der Waals surface area contributed by atoms with E-state index in [1.807, 2.05) is 4.40 Å². The predicted molar refractivity (Wildman–Crippen MR) is 77.6 cm³/mol. The van der Waals surface area contributed by atoms with E-state index in [0.29, 0.717) is 5.92 Å². The van der Waals surface area contributed by atoms with Gasteiger partial charge in [0, 0.05) is 25.7 Å². The molecular weight excluding hydrogens is 293 g/mol. The fraction of sp³-hybridized carbons (Fsp3) is 0.500. The van der Waals surface area contributed by atoms with Gasteiger partial charge in [-0.15, -0.1) is 0 Å². The number of aromatic nitrogens is 2. The summed E-state index contributed by atoms with van der Waals surface area (Å²) in [4.78, 5) is 4.60. The molecule has 0 spiro atoms. The van der Waals surface area contributed by atoms with E-state index < -0.39 is 16.7 Å². The molecule has 2 heterocycles. The molecule has 0 atom stereocenters. The topological polar surface area (TPSA) is 54.7 Å². The van der Waals surface area contributed by atoms with Gasteiger partial charge in [-0.3, -0.25) is 4.39 Å². The van der Waals surface area contributed by atoms with E-state index in [2.05, 4.69) is 4.98 Å². The molecule has 1 saturated carbocycles. The summed E-state index contributed by atoms with van der Waals surface area (Å²) in [6.07, 6.45) is 5.95. The molecule has 2 aromatic heterocycles. The molecule has 2 aromatic rings. The van der Waals surface area contributed by atoms with E-state index >= 15 is 0 Å². The molecule has 0 N–H and O–H groups in total. The third-order valence-corrected chi connectivity index (χ3v) is 5.64. The van der Waals surface area contributed by atoms with Crippen molar-refractivity contribution >= 4 is 15.5 Å². The Morgan fingerprint density at radius 3 is 2.90 bits per heavy atom. The maximum atomic E-state index is 12.4. The minimum Gasteiger partial charge on any atom is -0.303 e. The van der Waals surface area contributed by atoms with Gasteiger partial charge in [0.05, 0.1) is 23.3 Å². The van der Waals surface area contributed by atoms with Gasteiger partial charge in [-0.2, -0.15) is 0 Å². The zero-order chi connectivity index (χ0) is 15.0. The van der Waals surface area contributed by atoms with Gasteiger partial charge in [0.15, 0.2) is 0 Å². The van der Waals surface area contributed by atoms with Crippen LogP contribution in [-0.2, 0) is 10.0 Å². The lowest BCUT2D eigenvalue weighted by Crippen LogP contribution is -2.28. The average molecular weight is 311 g/mol. The van der Waals surface area contributed by atoms with Crippen LogP contribution in [0.5, 0.6) is 0 Å². The highest BCUT2D eigenvalue weighted by molar-refractivity contribution is 7.89. The zero-order valence-electron chi connectivity index (χ0n) is 11.9. The van der Waals surface area contributed by atoms with Gasteiger partial charge in [-0.05, 0) is 31.4 Å². The third kappa shape index (κ3) is 2.67. The Morgan fingerprint density at radius 1 is 1.48 bits per heavy atom. The van der Waals surface area contributed by atoms with Gasteiger partial charge < -0.3 is 4.40 Å². The maximum absolute atomic E-state index is 12.4. The first-order chi connectivity index (χ1) is 10.0. The Kier molecular flexibility index (Phi) is 3.71. The van der Waals surface area contributed by atoms with Crippen LogP contribution in [0.1, 0.15) is 31.0 Å². The summed E-state index contributed by atoms with van der Waals surface area (Å²) in [6, 6.07) is 3.21. The van der Waals surface area contributed by atoms with Crippen LogP contribution >= 0.6 is 0 Å². The molecule has 0 radical (unpaired) electrons. The number of halogens is 1. The Balaban J connectivity index is 1.93. The minimum absolute atomic E-state index is 0.177. The molecule has 3 rings (SSSR count). The van der Waals surface area contributed by atoms with E-state index in [4.69, 9.17) is 0 Å². The number of sulfonamides is 1. The van der Waals surface area contributed by atoms with E-state index in [1.165, 1.54) is 11.4 Å². The summed E-state index contributed by atoms with van der Waals surface area (Å²) >= 11 is 0. The summed E-state index contributed by atoms with van der Waals surface area (Å²) in [6.45, 7) is -0.344. The van der Waals surface area contributed by atoms with E-state index in [0.717, 1.165) is 24.2 Å². The molecule has 7 heteroatoms. The smallest absolute Gasteiger partial charge is 0.242 e. The number of fused-ring (bicyclic) bond motifs is 1. The summed E-state index contributed by atoms with van der Waals surface area (Å²) in [7, 11) is -2.10. The van der Waals surface area contributed by atoms with Crippen molar-refractivity contribution in [3.8, 4) is 0 Å². The second-order valence-electron chi connectivity index (χ2n) is 5.42. The maximum Gasteiger partial charge on any atom is 0.242 e. The van der Waals surface area contributed by atoms with Crippen molar-refractivity contribution in [3.05, 3.63) is 30.4 Å². The number of alkyl halides is 1. The van der Waals surface area contributed by atoms with Crippen LogP contribution in [0.4, 0.5) is 4.39 Å². The number of imidazole rings is 1. The van der Waals surface area contributed by atoms with E-state index in [1.54, 1.807) is 24.5 Å². The predicted octanol–water partition coefficient (Wildman–Crippen LogP) is 2.19. The molecule has 1 aliphatic rings. The van der Waals surface area contributed by atoms with Crippen molar-refractivity contribution in [1.82, 2.24) is 13.7 Å². The van der Waals surface area contributed by atoms with Crippen LogP contribution in [0, 0.1) is 0 Å². The van der Waals surface area contributed by atoms with Crippen LogP contribution in [-0.4, -0.2) is 42.4 Å². The number of hydrogen-bond donors (Lipinski definition) is 0. The first kappa shape index (κ1) is 14.5. The number of hydrogen-bond acceptors (Lipinski definition) is 3. The van der Waals surface area contributed by atoms with Crippen molar-refractivity contribution in [2.45, 2.75) is 30.1 Å². The highest BCUT2D eigenvalue weighted by Crippen LogP contribution is 2.39. The van der Waals surface area contributed by atoms with Crippen LogP contribution in [0.25, 0.3) is 5.52 Å². The molecule has 0 aliphatic heterocycles. The Hall–Kier alpha value is -1.47. The van der Waals surface area contributed by atoms with Crippen molar-refractivity contribution in [1.29, 1.82) is 0 Å². The van der Waals surface area contributed by atoms with Gasteiger partial charge >= 0.3 is 0 Å². The van der Waals surface area contributed by atoms with Crippen molar-refractivity contribution in [2.24, 2.45) is 0 Å². The van der Waals surface area contributed by atoms with Crippen LogP contribution in [0.2, 0.25) is 0 Å². The van der Waals surface area contributed by atoms with Crippen molar-refractivity contribution < 1.29 is 12.8 Å². The highest BCUT2D eigenvalue weighted by atomic mass is 32.2. The number of nitrogens with zero attached hydrogens (tertiary/aromatic N) is 3. The van der Waals surface area contributed by atoms with Crippen molar-refractivity contribution in [3.63, 3.8) is 0 Å². The Labute approximate surface area is 123 Å². The second kappa shape index (κ2) is 5.38. The molecule has 0 amide bonds. The molecule has 0 unspecified atom stereocenters. The number of pyridine rings is 1. The first-order valence-electron chi connectivity index (χ1n) is 7.03. The largest absolute Gasteiger partial charge is 0.303 e. The third-order valence-electron chi connectivity index (χ3n) is 3.79. The normalized spacial score (nSPS) is 16.0. The van der Waals surface area contributed by atoms with Crippen LogP contribution in [0.15, 0.2) is 29.4 Å². The van der Waals surface area contributed by atoms with Crippen LogP contribution < -0.4 is 0 Å². The molecule has 1 aliphatic carbocycles. The number of rotatable bonds is 6. The molecule has 1 fully saturated rings. The summed E-state index contributed by atoms with van der Waals surface area (Å²) in [5.41, 5.74) is 0.775. The molecule has 114 valence electrons. The fourth-order valence-electron chi connectivity index (χ4n) is 2.39. The molecule has 0 bridgehead atoms. The molecule has 5 nitrogen and oxygen atoms in total. The lowest BCUT2D eigenvalue weighted by Gasteiger charge is -2.16. The van der Waals surface area contributed by atoms with Gasteiger partial charge in [0.1, 0.15) is 5.82 Å². The van der Waals surface area contributed by atoms with Gasteiger partial charge in [-0.1, -0.05) is 0 Å². The SMILES string of the molecule is CN(CCCF)S(=O)(=O)c1ccn2c(C3CC3)ncc2c1. The molecule has 0 aromatic carbocycles. The molecule has 21 heavy (non-hydrogen) atoms. The minimum atomic E-state index is -3.57. The Bertz CT molecular complexity index is 753. The summed E-state index contributed by atoms with van der Waals surface area (Å²) in [5.74, 6) is 1.50. The Morgan fingerprint density at radius 2 is 2.24 bits per heavy atom. The van der Waals surface area contributed by atoms with Crippen LogP contribution in [0.3, 0.4) is 0 Å². The zero-order valence-corrected chi connectivity index (χ0v) is 12.7. The highest BCUT2D eigenvalue weighted by Gasteiger charge is 2.28. The summed E-state index contributed by atoms with van der Waals surface area (Å²) < 4.78 is 40.2. The van der Waals surface area contributed by atoms with Gasteiger partial charge in [-0.25, -0.2) is 17.7 Å². The lowest BCUT2D eigenvalue weighted by molar-refractivity contribution is 0.407. The van der Waals surface area contributed by atoms with Gasteiger partial charge in [0.2, 0.25) is 10.0 Å². The quantitative estimate of drug-likeness (QED) is 0.822. The lowest BCUT2D eigenvalue weighted by atomic mass is 10.4. The second-order valence-corrected chi connectivity index (χ2v) is 7.46. The van der Waals surface area contributed by atoms with Crippen molar-refractivity contribution in [2.75, 3.05) is 20.3 Å². The molecular formula is C14H18FN3O2S. The summed E-state index contributed by atoms with van der Waals surface area (Å²) in [5, 5.41) is 0. The average Bonchev–Trinajstić information content (AvgIpc) is 3.23. The van der Waals surface area contributed by atoms with E-state index in [9.17, 15) is 12.8 Å². The fourth-order valence-corrected chi connectivity index (χ4v) is 3.62. The standard InChI is InChI=1S/C14H18FN3O2S/c1-17(7-2-6-15)21(19,20)13-5-8-18-12(9-13)10-16-14(18)11-3-4-11/h5,8-11H,2-4,6-7H2,1H3. The first-order valence-corrected chi connectivity index (χ1v) is 8.47. The van der Waals surface area contributed by atoms with Gasteiger partial charge in [0.25, 0.3) is 0 Å².